The van der Waals surface area contributed by atoms with E-state index in [0.717, 1.165) is 23.3 Å². The molecule has 0 N–H and O–H groups in total. The number of carbonyl (C=O) groups is 3. The molecule has 1 aromatic carbocycles. The summed E-state index contributed by atoms with van der Waals surface area (Å²) in [5.41, 5.74) is 1.03. The number of benzene rings is 1. The molecule has 0 radical (unpaired) electrons. The highest BCUT2D eigenvalue weighted by Gasteiger charge is 2.28. The summed E-state index contributed by atoms with van der Waals surface area (Å²) in [4.78, 5) is 36.9. The predicted molar refractivity (Wildman–Crippen MR) is 87.5 cm³/mol. The molecule has 5 heteroatoms. The SMILES string of the molecule is O=C(OC1=CCC1)C(CCN1C(=O)C=CC1=O)Cc1ccccc1. The van der Waals surface area contributed by atoms with Crippen LogP contribution in [-0.4, -0.2) is 29.2 Å². The topological polar surface area (TPSA) is 63.7 Å². The van der Waals surface area contributed by atoms with Gasteiger partial charge in [-0.15, -0.1) is 0 Å². The normalized spacial score (nSPS) is 17.5. The third-order valence-corrected chi connectivity index (χ3v) is 4.25. The predicted octanol–water partition coefficient (Wildman–Crippen LogP) is 2.38. The number of esters is 1. The van der Waals surface area contributed by atoms with E-state index in [2.05, 4.69) is 0 Å². The van der Waals surface area contributed by atoms with Crippen LogP contribution >= 0.6 is 0 Å². The molecule has 1 unspecified atom stereocenters. The Hall–Kier alpha value is -2.69. The van der Waals surface area contributed by atoms with Crippen molar-refractivity contribution < 1.29 is 19.1 Å². The Balaban J connectivity index is 1.65. The molecule has 1 aliphatic heterocycles. The summed E-state index contributed by atoms with van der Waals surface area (Å²) in [6, 6.07) is 9.67. The highest BCUT2D eigenvalue weighted by atomic mass is 16.5. The van der Waals surface area contributed by atoms with Crippen LogP contribution in [0.5, 0.6) is 0 Å². The summed E-state index contributed by atoms with van der Waals surface area (Å²) in [6.45, 7) is 0.219. The molecule has 3 rings (SSSR count). The average molecular weight is 325 g/mol. The summed E-state index contributed by atoms with van der Waals surface area (Å²) in [6.07, 6.45) is 7.05. The van der Waals surface area contributed by atoms with Gasteiger partial charge in [-0.05, 0) is 30.9 Å². The fraction of sp³-hybridized carbons (Fsp3) is 0.316. The maximum absolute atomic E-state index is 12.5. The maximum Gasteiger partial charge on any atom is 0.314 e. The van der Waals surface area contributed by atoms with Crippen LogP contribution in [-0.2, 0) is 25.5 Å². The Morgan fingerprint density at radius 2 is 1.79 bits per heavy atom. The van der Waals surface area contributed by atoms with E-state index in [1.807, 2.05) is 36.4 Å². The van der Waals surface area contributed by atoms with Crippen molar-refractivity contribution in [2.45, 2.75) is 25.7 Å². The first-order valence-electron chi connectivity index (χ1n) is 8.11. The Kier molecular flexibility index (Phi) is 4.89. The Bertz CT molecular complexity index is 687. The lowest BCUT2D eigenvalue weighted by atomic mass is 9.95. The zero-order valence-electron chi connectivity index (χ0n) is 13.3. The quantitative estimate of drug-likeness (QED) is 0.570. The molecular weight excluding hydrogens is 306 g/mol. The molecule has 0 saturated heterocycles. The van der Waals surface area contributed by atoms with E-state index >= 15 is 0 Å². The number of nitrogens with zero attached hydrogens (tertiary/aromatic N) is 1. The molecule has 1 heterocycles. The van der Waals surface area contributed by atoms with Gasteiger partial charge in [-0.3, -0.25) is 19.3 Å². The Morgan fingerprint density at radius 3 is 2.38 bits per heavy atom. The van der Waals surface area contributed by atoms with Crippen LogP contribution in [0, 0.1) is 5.92 Å². The van der Waals surface area contributed by atoms with Gasteiger partial charge in [0.15, 0.2) is 0 Å². The third kappa shape index (κ3) is 3.79. The summed E-state index contributed by atoms with van der Waals surface area (Å²) in [5.74, 6) is -0.623. The Labute approximate surface area is 140 Å². The van der Waals surface area contributed by atoms with Gasteiger partial charge in [-0.1, -0.05) is 30.3 Å². The van der Waals surface area contributed by atoms with Crippen LogP contribution in [0.3, 0.4) is 0 Å². The van der Waals surface area contributed by atoms with Gasteiger partial charge in [-0.2, -0.15) is 0 Å². The van der Waals surface area contributed by atoms with Gasteiger partial charge in [0.2, 0.25) is 0 Å². The van der Waals surface area contributed by atoms with Gasteiger partial charge in [0, 0.05) is 25.1 Å². The van der Waals surface area contributed by atoms with E-state index in [9.17, 15) is 14.4 Å². The molecule has 1 aliphatic carbocycles. The van der Waals surface area contributed by atoms with Crippen LogP contribution in [0.4, 0.5) is 0 Å². The fourth-order valence-corrected chi connectivity index (χ4v) is 2.71. The summed E-state index contributed by atoms with van der Waals surface area (Å²) < 4.78 is 5.41. The van der Waals surface area contributed by atoms with Crippen molar-refractivity contribution in [1.82, 2.24) is 4.90 Å². The molecular formula is C19H19NO4. The fourth-order valence-electron chi connectivity index (χ4n) is 2.71. The molecule has 1 atom stereocenters. The van der Waals surface area contributed by atoms with Crippen molar-refractivity contribution in [1.29, 1.82) is 0 Å². The van der Waals surface area contributed by atoms with Gasteiger partial charge in [-0.25, -0.2) is 0 Å². The van der Waals surface area contributed by atoms with E-state index in [1.165, 1.54) is 12.2 Å². The minimum atomic E-state index is -0.393. The molecule has 0 spiro atoms. The minimum absolute atomic E-state index is 0.219. The van der Waals surface area contributed by atoms with E-state index in [4.69, 9.17) is 4.74 Å². The number of ether oxygens (including phenoxy) is 1. The van der Waals surface area contributed by atoms with Gasteiger partial charge in [0.1, 0.15) is 5.76 Å². The number of allylic oxidation sites excluding steroid dienone is 2. The summed E-state index contributed by atoms with van der Waals surface area (Å²) >= 11 is 0. The lowest BCUT2D eigenvalue weighted by molar-refractivity contribution is -0.146. The van der Waals surface area contributed by atoms with Crippen LogP contribution in [0.15, 0.2) is 54.3 Å². The maximum atomic E-state index is 12.5. The standard InChI is InChI=1S/C19H19NO4/c21-17-9-10-18(22)20(17)12-11-15(13-14-5-2-1-3-6-14)19(23)24-16-7-4-8-16/h1-3,5-7,9-10,15H,4,8,11-13H2. The number of hydrogen-bond acceptors (Lipinski definition) is 4. The smallest absolute Gasteiger partial charge is 0.314 e. The van der Waals surface area contributed by atoms with Crippen molar-refractivity contribution >= 4 is 17.8 Å². The lowest BCUT2D eigenvalue weighted by Crippen LogP contribution is -2.34. The number of amides is 2. The first-order valence-corrected chi connectivity index (χ1v) is 8.11. The van der Waals surface area contributed by atoms with Gasteiger partial charge >= 0.3 is 5.97 Å². The van der Waals surface area contributed by atoms with Gasteiger partial charge in [0.05, 0.1) is 5.92 Å². The van der Waals surface area contributed by atoms with Crippen molar-refractivity contribution in [2.75, 3.05) is 6.54 Å². The number of imide groups is 1. The number of rotatable bonds is 7. The molecule has 0 saturated carbocycles. The zero-order valence-corrected chi connectivity index (χ0v) is 13.3. The summed E-state index contributed by atoms with van der Waals surface area (Å²) in [7, 11) is 0. The van der Waals surface area contributed by atoms with Crippen molar-refractivity contribution in [3.63, 3.8) is 0 Å². The van der Waals surface area contributed by atoms with E-state index in [-0.39, 0.29) is 24.3 Å². The molecule has 2 aliphatic rings. The Morgan fingerprint density at radius 1 is 1.12 bits per heavy atom. The second-order valence-corrected chi connectivity index (χ2v) is 5.97. The van der Waals surface area contributed by atoms with Crippen LogP contribution in [0.1, 0.15) is 24.8 Å². The molecule has 124 valence electrons. The van der Waals surface area contributed by atoms with Crippen molar-refractivity contribution in [3.05, 3.63) is 59.9 Å². The van der Waals surface area contributed by atoms with E-state index < -0.39 is 5.92 Å². The molecule has 0 fully saturated rings. The molecule has 2 amide bonds. The van der Waals surface area contributed by atoms with Gasteiger partial charge < -0.3 is 4.74 Å². The van der Waals surface area contributed by atoms with Crippen LogP contribution in [0.25, 0.3) is 0 Å². The monoisotopic (exact) mass is 325 g/mol. The van der Waals surface area contributed by atoms with Crippen molar-refractivity contribution in [3.8, 4) is 0 Å². The van der Waals surface area contributed by atoms with Gasteiger partial charge in [0.25, 0.3) is 11.8 Å². The second kappa shape index (κ2) is 7.25. The highest BCUT2D eigenvalue weighted by Crippen LogP contribution is 2.23. The average Bonchev–Trinajstić information content (AvgIpc) is 2.87. The van der Waals surface area contributed by atoms with E-state index in [0.29, 0.717) is 18.6 Å². The number of carbonyl (C=O) groups excluding carboxylic acids is 3. The third-order valence-electron chi connectivity index (χ3n) is 4.25. The first kappa shape index (κ1) is 16.2. The molecule has 1 aromatic rings. The lowest BCUT2D eigenvalue weighted by Gasteiger charge is -2.22. The largest absolute Gasteiger partial charge is 0.431 e. The first-order chi connectivity index (χ1) is 11.6. The highest BCUT2D eigenvalue weighted by molar-refractivity contribution is 6.12. The van der Waals surface area contributed by atoms with Crippen molar-refractivity contribution in [2.24, 2.45) is 5.92 Å². The zero-order chi connectivity index (χ0) is 16.9. The molecule has 5 nitrogen and oxygen atoms in total. The van der Waals surface area contributed by atoms with E-state index in [1.54, 1.807) is 0 Å². The molecule has 0 aromatic heterocycles. The van der Waals surface area contributed by atoms with Crippen LogP contribution < -0.4 is 0 Å². The van der Waals surface area contributed by atoms with Crippen LogP contribution in [0.2, 0.25) is 0 Å². The molecule has 0 bridgehead atoms. The summed E-state index contributed by atoms with van der Waals surface area (Å²) in [5, 5.41) is 0. The second-order valence-electron chi connectivity index (χ2n) is 5.97. The molecule has 24 heavy (non-hydrogen) atoms. The minimum Gasteiger partial charge on any atom is -0.431 e. The number of hydrogen-bond donors (Lipinski definition) is 0.